The number of aromatic nitrogens is 1. The van der Waals surface area contributed by atoms with Gasteiger partial charge in [0.2, 0.25) is 5.82 Å². The summed E-state index contributed by atoms with van der Waals surface area (Å²) in [6.45, 7) is 0. The number of hydrogen-bond donors (Lipinski definition) is 2. The molecule has 0 atom stereocenters. The number of methoxy groups -OCH3 is 1. The van der Waals surface area contributed by atoms with Gasteiger partial charge in [-0.2, -0.15) is 0 Å². The fourth-order valence-electron chi connectivity index (χ4n) is 2.39. The van der Waals surface area contributed by atoms with Crippen molar-refractivity contribution in [3.05, 3.63) is 70.8 Å². The average molecular weight is 337 g/mol. The molecule has 7 heteroatoms. The van der Waals surface area contributed by atoms with E-state index in [1.165, 1.54) is 13.2 Å². The first-order chi connectivity index (χ1) is 12.1. The molecule has 0 unspecified atom stereocenters. The van der Waals surface area contributed by atoms with Crippen molar-refractivity contribution in [1.29, 1.82) is 0 Å². The molecule has 0 saturated carbocycles. The Morgan fingerprint density at radius 2 is 1.92 bits per heavy atom. The van der Waals surface area contributed by atoms with Crippen molar-refractivity contribution in [2.75, 3.05) is 12.4 Å². The zero-order valence-electron chi connectivity index (χ0n) is 13.3. The fourth-order valence-corrected chi connectivity index (χ4v) is 2.39. The van der Waals surface area contributed by atoms with Gasteiger partial charge < -0.3 is 15.2 Å². The number of phenolic OH excluding ortho intramolecular Hbond substituents is 1. The van der Waals surface area contributed by atoms with Gasteiger partial charge in [-0.05, 0) is 30.3 Å². The van der Waals surface area contributed by atoms with Crippen LogP contribution in [0.15, 0.2) is 60.7 Å². The second kappa shape index (κ2) is 6.88. The lowest BCUT2D eigenvalue weighted by atomic mass is 10.1. The van der Waals surface area contributed by atoms with Crippen LogP contribution in [0.25, 0.3) is 11.3 Å². The van der Waals surface area contributed by atoms with E-state index in [0.717, 1.165) is 0 Å². The van der Waals surface area contributed by atoms with Gasteiger partial charge in [0.15, 0.2) is 0 Å². The summed E-state index contributed by atoms with van der Waals surface area (Å²) in [5.74, 6) is 0.730. The van der Waals surface area contributed by atoms with Crippen LogP contribution < -0.4 is 10.1 Å². The summed E-state index contributed by atoms with van der Waals surface area (Å²) < 4.78 is 5.26. The van der Waals surface area contributed by atoms with Crippen molar-refractivity contribution >= 4 is 17.2 Å². The van der Waals surface area contributed by atoms with E-state index >= 15 is 0 Å². The molecule has 3 aromatic rings. The number of nitrogens with zero attached hydrogens (tertiary/aromatic N) is 2. The van der Waals surface area contributed by atoms with Gasteiger partial charge in [-0.3, -0.25) is 10.1 Å². The molecule has 1 aromatic heterocycles. The topological polar surface area (TPSA) is 97.5 Å². The Morgan fingerprint density at radius 3 is 2.64 bits per heavy atom. The van der Waals surface area contributed by atoms with Crippen LogP contribution in [0.2, 0.25) is 0 Å². The number of nitrogens with one attached hydrogen (secondary N) is 1. The van der Waals surface area contributed by atoms with Crippen LogP contribution in [0, 0.1) is 10.1 Å². The van der Waals surface area contributed by atoms with E-state index in [2.05, 4.69) is 10.3 Å². The molecule has 0 aliphatic carbocycles. The van der Waals surface area contributed by atoms with Crippen molar-refractivity contribution in [1.82, 2.24) is 4.98 Å². The van der Waals surface area contributed by atoms with Crippen molar-refractivity contribution < 1.29 is 14.8 Å². The molecule has 126 valence electrons. The third-order valence-electron chi connectivity index (χ3n) is 3.57. The van der Waals surface area contributed by atoms with Gasteiger partial charge in [0, 0.05) is 11.6 Å². The lowest BCUT2D eigenvalue weighted by molar-refractivity contribution is -0.384. The molecule has 0 aliphatic rings. The maximum absolute atomic E-state index is 11.3. The standard InChI is InChI=1S/C18H15N3O4/c1-25-17-8-3-2-7-15(17)20-18-16(21(23)24)10-9-14(19-18)12-5-4-6-13(22)11-12/h2-11,22H,1H3,(H,19,20). The molecule has 0 spiro atoms. The van der Waals surface area contributed by atoms with E-state index in [1.54, 1.807) is 54.6 Å². The van der Waals surface area contributed by atoms with E-state index in [4.69, 9.17) is 4.74 Å². The minimum absolute atomic E-state index is 0.0929. The van der Waals surface area contributed by atoms with Gasteiger partial charge in [0.25, 0.3) is 0 Å². The lowest BCUT2D eigenvalue weighted by Crippen LogP contribution is -2.02. The summed E-state index contributed by atoms with van der Waals surface area (Å²) in [5.41, 5.74) is 1.56. The first-order valence-electron chi connectivity index (χ1n) is 7.43. The number of nitro groups is 1. The molecule has 0 amide bonds. The van der Waals surface area contributed by atoms with Crippen molar-refractivity contribution in [2.24, 2.45) is 0 Å². The average Bonchev–Trinajstić information content (AvgIpc) is 2.62. The summed E-state index contributed by atoms with van der Waals surface area (Å²) in [6, 6.07) is 16.5. The molecule has 2 aromatic carbocycles. The van der Waals surface area contributed by atoms with Crippen LogP contribution in [-0.4, -0.2) is 22.1 Å². The highest BCUT2D eigenvalue weighted by atomic mass is 16.6. The number of rotatable bonds is 5. The highest BCUT2D eigenvalue weighted by Crippen LogP contribution is 2.33. The van der Waals surface area contributed by atoms with E-state index < -0.39 is 4.92 Å². The number of aromatic hydroxyl groups is 1. The van der Waals surface area contributed by atoms with E-state index in [9.17, 15) is 15.2 Å². The quantitative estimate of drug-likeness (QED) is 0.537. The van der Waals surface area contributed by atoms with Gasteiger partial charge in [-0.15, -0.1) is 0 Å². The van der Waals surface area contributed by atoms with Crippen molar-refractivity contribution in [3.63, 3.8) is 0 Å². The second-order valence-electron chi connectivity index (χ2n) is 5.20. The van der Waals surface area contributed by atoms with E-state index in [-0.39, 0.29) is 17.3 Å². The molecule has 0 bridgehead atoms. The summed E-state index contributed by atoms with van der Waals surface area (Å²) in [5, 5.41) is 23.9. The highest BCUT2D eigenvalue weighted by molar-refractivity contribution is 5.73. The second-order valence-corrected chi connectivity index (χ2v) is 5.20. The predicted molar refractivity (Wildman–Crippen MR) is 94.3 cm³/mol. The van der Waals surface area contributed by atoms with E-state index in [1.807, 2.05) is 0 Å². The summed E-state index contributed by atoms with van der Waals surface area (Å²) >= 11 is 0. The monoisotopic (exact) mass is 337 g/mol. The molecule has 0 aliphatic heterocycles. The third-order valence-corrected chi connectivity index (χ3v) is 3.57. The third kappa shape index (κ3) is 3.50. The Hall–Kier alpha value is -3.61. The van der Waals surface area contributed by atoms with Crippen LogP contribution in [0.1, 0.15) is 0 Å². The fraction of sp³-hybridized carbons (Fsp3) is 0.0556. The van der Waals surface area contributed by atoms with Crippen molar-refractivity contribution in [2.45, 2.75) is 0 Å². The zero-order valence-corrected chi connectivity index (χ0v) is 13.3. The summed E-state index contributed by atoms with van der Waals surface area (Å²) in [6.07, 6.45) is 0. The lowest BCUT2D eigenvalue weighted by Gasteiger charge is -2.11. The molecule has 0 radical (unpaired) electrons. The maximum Gasteiger partial charge on any atom is 0.311 e. The molecule has 0 fully saturated rings. The molecular weight excluding hydrogens is 322 g/mol. The van der Waals surface area contributed by atoms with Gasteiger partial charge in [-0.25, -0.2) is 4.98 Å². The Bertz CT molecular complexity index is 928. The van der Waals surface area contributed by atoms with Crippen LogP contribution in [-0.2, 0) is 0 Å². The Labute approximate surface area is 143 Å². The Balaban J connectivity index is 2.07. The first-order valence-corrected chi connectivity index (χ1v) is 7.43. The van der Waals surface area contributed by atoms with Crippen LogP contribution in [0.3, 0.4) is 0 Å². The van der Waals surface area contributed by atoms with Gasteiger partial charge in [0.1, 0.15) is 11.5 Å². The van der Waals surface area contributed by atoms with Gasteiger partial charge in [0.05, 0.1) is 23.4 Å². The SMILES string of the molecule is COc1ccccc1Nc1nc(-c2cccc(O)c2)ccc1[N+](=O)[O-]. The molecule has 1 heterocycles. The normalized spacial score (nSPS) is 10.3. The van der Waals surface area contributed by atoms with Gasteiger partial charge >= 0.3 is 5.69 Å². The molecule has 2 N–H and O–H groups in total. The number of ether oxygens (including phenoxy) is 1. The number of pyridine rings is 1. The largest absolute Gasteiger partial charge is 0.508 e. The Morgan fingerprint density at radius 1 is 1.12 bits per heavy atom. The number of anilines is 2. The predicted octanol–water partition coefficient (Wildman–Crippen LogP) is 4.11. The summed E-state index contributed by atoms with van der Waals surface area (Å²) in [7, 11) is 1.52. The summed E-state index contributed by atoms with van der Waals surface area (Å²) in [4.78, 5) is 15.2. The van der Waals surface area contributed by atoms with Crippen LogP contribution in [0.5, 0.6) is 11.5 Å². The molecule has 25 heavy (non-hydrogen) atoms. The number of hydrogen-bond acceptors (Lipinski definition) is 6. The van der Waals surface area contributed by atoms with Gasteiger partial charge in [-0.1, -0.05) is 24.3 Å². The number of benzene rings is 2. The molecule has 7 nitrogen and oxygen atoms in total. The molecule has 0 saturated heterocycles. The zero-order chi connectivity index (χ0) is 17.8. The minimum atomic E-state index is -0.503. The smallest absolute Gasteiger partial charge is 0.311 e. The molecule has 3 rings (SSSR count). The minimum Gasteiger partial charge on any atom is -0.508 e. The Kier molecular flexibility index (Phi) is 4.47. The van der Waals surface area contributed by atoms with E-state index in [0.29, 0.717) is 22.7 Å². The van der Waals surface area contributed by atoms with Crippen LogP contribution >= 0.6 is 0 Å². The highest BCUT2D eigenvalue weighted by Gasteiger charge is 2.18. The van der Waals surface area contributed by atoms with Crippen molar-refractivity contribution in [3.8, 4) is 22.8 Å². The van der Waals surface area contributed by atoms with Crippen LogP contribution in [0.4, 0.5) is 17.2 Å². The first kappa shape index (κ1) is 16.3. The number of para-hydroxylation sites is 2. The number of phenols is 1. The maximum atomic E-state index is 11.3. The molecular formula is C18H15N3O4.